The van der Waals surface area contributed by atoms with E-state index in [0.29, 0.717) is 31.3 Å². The minimum atomic E-state index is -0.0140. The number of aromatic nitrogens is 2. The highest BCUT2D eigenvalue weighted by Gasteiger charge is 2.26. The number of hydrogen-bond acceptors (Lipinski definition) is 4. The number of nitrogens with two attached hydrogens (primary N) is 1. The van der Waals surface area contributed by atoms with Crippen LogP contribution in [0.3, 0.4) is 0 Å². The second-order valence-electron chi connectivity index (χ2n) is 8.60. The van der Waals surface area contributed by atoms with E-state index in [1.54, 1.807) is 0 Å². The summed E-state index contributed by atoms with van der Waals surface area (Å²) in [5.74, 6) is 1.21. The molecule has 0 saturated heterocycles. The van der Waals surface area contributed by atoms with Gasteiger partial charge in [0.2, 0.25) is 0 Å². The van der Waals surface area contributed by atoms with Gasteiger partial charge in [0, 0.05) is 23.7 Å². The van der Waals surface area contributed by atoms with Gasteiger partial charge in [0.25, 0.3) is 5.91 Å². The van der Waals surface area contributed by atoms with Crippen molar-refractivity contribution >= 4 is 22.8 Å². The molecular formula is C24H28N4O2. The van der Waals surface area contributed by atoms with Crippen molar-refractivity contribution in [3.63, 3.8) is 0 Å². The number of carbonyl (C=O) groups is 1. The quantitative estimate of drug-likeness (QED) is 0.634. The topological polar surface area (TPSA) is 84.2 Å². The molecule has 3 heterocycles. The molecule has 1 amide bonds. The Morgan fingerprint density at radius 1 is 1.27 bits per heavy atom. The lowest BCUT2D eigenvalue weighted by atomic mass is 10.1. The molecule has 156 valence electrons. The van der Waals surface area contributed by atoms with Gasteiger partial charge in [-0.2, -0.15) is 0 Å². The molecule has 1 aromatic carbocycles. The van der Waals surface area contributed by atoms with Crippen LogP contribution >= 0.6 is 0 Å². The van der Waals surface area contributed by atoms with E-state index in [1.807, 2.05) is 11.0 Å². The van der Waals surface area contributed by atoms with Gasteiger partial charge in [-0.3, -0.25) is 4.79 Å². The smallest absolute Gasteiger partial charge is 0.270 e. The predicted octanol–water partition coefficient (Wildman–Crippen LogP) is 4.49. The van der Waals surface area contributed by atoms with Crippen LogP contribution in [-0.2, 0) is 24.5 Å². The number of nitrogen functional groups attached to an aromatic ring is 1. The average molecular weight is 405 g/mol. The van der Waals surface area contributed by atoms with Crippen molar-refractivity contribution in [3.05, 3.63) is 58.3 Å². The Bertz CT molecular complexity index is 1100. The molecule has 1 aliphatic heterocycles. The fourth-order valence-corrected chi connectivity index (χ4v) is 4.27. The Balaban J connectivity index is 1.45. The first kappa shape index (κ1) is 19.1. The Morgan fingerprint density at radius 2 is 2.00 bits per heavy atom. The van der Waals surface area contributed by atoms with Crippen LogP contribution in [0.25, 0.3) is 11.0 Å². The van der Waals surface area contributed by atoms with Gasteiger partial charge in [-0.15, -0.1) is 0 Å². The molecule has 0 radical (unpaired) electrons. The minimum absolute atomic E-state index is 0.0140. The number of hydrogen-bond donors (Lipinski definition) is 2. The zero-order valence-electron chi connectivity index (χ0n) is 17.6. The van der Waals surface area contributed by atoms with Crippen LogP contribution in [-0.4, -0.2) is 26.8 Å². The molecule has 2 aliphatic rings. The molecular weight excluding hydrogens is 376 g/mol. The largest absolute Gasteiger partial charge is 0.383 e. The van der Waals surface area contributed by atoms with Crippen molar-refractivity contribution in [2.24, 2.45) is 0 Å². The first-order valence-corrected chi connectivity index (χ1v) is 10.8. The van der Waals surface area contributed by atoms with Crippen LogP contribution in [0.5, 0.6) is 0 Å². The Hall–Kier alpha value is -2.86. The standard InChI is InChI=1S/C24H28N4O2/c1-3-14(2)28(11-15-4-6-16(7-5-15)17-8-9-17)24(29)21-10-20-22(26-21)18-12-30-13-19(18)23(25)27-20/h4-7,10,14,17,26H,3,8-9,11-13H2,1-2H3,(H2,25,27)/t14-/m1/s1. The molecule has 6 heteroatoms. The van der Waals surface area contributed by atoms with E-state index in [4.69, 9.17) is 10.5 Å². The maximum atomic E-state index is 13.5. The number of nitrogens with one attached hydrogen (secondary N) is 1. The Labute approximate surface area is 176 Å². The summed E-state index contributed by atoms with van der Waals surface area (Å²) >= 11 is 0. The Kier molecular flexibility index (Phi) is 4.74. The molecule has 0 spiro atoms. The van der Waals surface area contributed by atoms with Crippen molar-refractivity contribution in [3.8, 4) is 0 Å². The molecule has 3 N–H and O–H groups in total. The molecule has 0 unspecified atom stereocenters. The van der Waals surface area contributed by atoms with E-state index in [9.17, 15) is 4.79 Å². The second-order valence-corrected chi connectivity index (χ2v) is 8.60. The molecule has 1 aliphatic carbocycles. The number of pyridine rings is 1. The highest BCUT2D eigenvalue weighted by Crippen LogP contribution is 2.40. The van der Waals surface area contributed by atoms with Crippen molar-refractivity contribution < 1.29 is 9.53 Å². The highest BCUT2D eigenvalue weighted by molar-refractivity contribution is 5.98. The van der Waals surface area contributed by atoms with Crippen molar-refractivity contribution in [1.29, 1.82) is 0 Å². The van der Waals surface area contributed by atoms with Gasteiger partial charge in [0.05, 0.1) is 24.2 Å². The summed E-state index contributed by atoms with van der Waals surface area (Å²) in [5, 5.41) is 0. The second kappa shape index (κ2) is 7.43. The number of rotatable bonds is 6. The van der Waals surface area contributed by atoms with Gasteiger partial charge in [-0.25, -0.2) is 4.98 Å². The van der Waals surface area contributed by atoms with E-state index < -0.39 is 0 Å². The van der Waals surface area contributed by atoms with Gasteiger partial charge in [-0.05, 0) is 49.3 Å². The predicted molar refractivity (Wildman–Crippen MR) is 117 cm³/mol. The summed E-state index contributed by atoms with van der Waals surface area (Å²) in [4.78, 5) is 23.2. The SMILES string of the molecule is CC[C@@H](C)N(Cc1ccc(C2CC2)cc1)C(=O)c1cc2nc(N)c3c(c2[nH]1)COC3. The van der Waals surface area contributed by atoms with E-state index in [0.717, 1.165) is 40.1 Å². The summed E-state index contributed by atoms with van der Waals surface area (Å²) in [6.45, 7) is 5.77. The summed E-state index contributed by atoms with van der Waals surface area (Å²) in [5.41, 5.74) is 12.7. The number of H-pyrrole nitrogens is 1. The van der Waals surface area contributed by atoms with Crippen molar-refractivity contribution in [2.45, 2.75) is 64.8 Å². The third-order valence-electron chi connectivity index (χ3n) is 6.50. The first-order chi connectivity index (χ1) is 14.5. The molecule has 5 rings (SSSR count). The van der Waals surface area contributed by atoms with E-state index >= 15 is 0 Å². The maximum absolute atomic E-state index is 13.5. The van der Waals surface area contributed by atoms with E-state index in [-0.39, 0.29) is 11.9 Å². The zero-order chi connectivity index (χ0) is 20.8. The molecule has 6 nitrogen and oxygen atoms in total. The van der Waals surface area contributed by atoms with Gasteiger partial charge >= 0.3 is 0 Å². The lowest BCUT2D eigenvalue weighted by molar-refractivity contribution is 0.0666. The minimum Gasteiger partial charge on any atom is -0.383 e. The number of aromatic amines is 1. The summed E-state index contributed by atoms with van der Waals surface area (Å²) in [7, 11) is 0. The maximum Gasteiger partial charge on any atom is 0.270 e. The van der Waals surface area contributed by atoms with Crippen LogP contribution in [0.15, 0.2) is 30.3 Å². The fraction of sp³-hybridized carbons (Fsp3) is 0.417. The average Bonchev–Trinajstić information content (AvgIpc) is 3.32. The Morgan fingerprint density at radius 3 is 2.70 bits per heavy atom. The number of fused-ring (bicyclic) bond motifs is 3. The molecule has 1 fully saturated rings. The van der Waals surface area contributed by atoms with E-state index in [2.05, 4.69) is 48.1 Å². The van der Waals surface area contributed by atoms with Crippen LogP contribution in [0.4, 0.5) is 5.82 Å². The third-order valence-corrected chi connectivity index (χ3v) is 6.50. The van der Waals surface area contributed by atoms with Crippen LogP contribution in [0, 0.1) is 0 Å². The number of anilines is 1. The molecule has 30 heavy (non-hydrogen) atoms. The number of ether oxygens (including phenoxy) is 1. The van der Waals surface area contributed by atoms with Gasteiger partial charge in [0.1, 0.15) is 11.5 Å². The van der Waals surface area contributed by atoms with Crippen molar-refractivity contribution in [2.75, 3.05) is 5.73 Å². The normalized spacial score (nSPS) is 16.6. The summed E-state index contributed by atoms with van der Waals surface area (Å²) in [6.07, 6.45) is 3.48. The molecule has 1 atom stereocenters. The summed E-state index contributed by atoms with van der Waals surface area (Å²) in [6, 6.07) is 10.7. The van der Waals surface area contributed by atoms with Gasteiger partial charge < -0.3 is 20.4 Å². The lowest BCUT2D eigenvalue weighted by Gasteiger charge is -2.28. The first-order valence-electron chi connectivity index (χ1n) is 10.8. The fourth-order valence-electron chi connectivity index (χ4n) is 4.27. The van der Waals surface area contributed by atoms with Crippen LogP contribution in [0.2, 0.25) is 0 Å². The van der Waals surface area contributed by atoms with Crippen molar-refractivity contribution in [1.82, 2.24) is 14.9 Å². The molecule has 2 aromatic heterocycles. The highest BCUT2D eigenvalue weighted by atomic mass is 16.5. The van der Waals surface area contributed by atoms with Gasteiger partial charge in [-0.1, -0.05) is 31.2 Å². The van der Waals surface area contributed by atoms with Crippen LogP contribution in [0.1, 0.15) is 71.8 Å². The lowest BCUT2D eigenvalue weighted by Crippen LogP contribution is -2.38. The summed E-state index contributed by atoms with van der Waals surface area (Å²) < 4.78 is 5.55. The molecule has 3 aromatic rings. The monoisotopic (exact) mass is 404 g/mol. The van der Waals surface area contributed by atoms with Gasteiger partial charge in [0.15, 0.2) is 0 Å². The third kappa shape index (κ3) is 3.35. The zero-order valence-corrected chi connectivity index (χ0v) is 17.6. The number of amides is 1. The van der Waals surface area contributed by atoms with Crippen LogP contribution < -0.4 is 5.73 Å². The molecule has 1 saturated carbocycles. The number of nitrogens with zero attached hydrogens (tertiary/aromatic N) is 2. The number of benzene rings is 1. The molecule has 0 bridgehead atoms. The van der Waals surface area contributed by atoms with E-state index in [1.165, 1.54) is 18.4 Å². The number of carbonyl (C=O) groups excluding carboxylic acids is 1.